The van der Waals surface area contributed by atoms with Crippen molar-refractivity contribution in [2.24, 2.45) is 0 Å². The maximum absolute atomic E-state index is 13.0. The number of pyridine rings is 1. The molecule has 1 unspecified atom stereocenters. The average molecular weight is 664 g/mol. The van der Waals surface area contributed by atoms with E-state index in [2.05, 4.69) is 55.2 Å². The molecular formula is C37H45N9O3. The molecule has 1 aromatic carbocycles. The second kappa shape index (κ2) is 13.9. The lowest BCUT2D eigenvalue weighted by atomic mass is 9.89. The third kappa shape index (κ3) is 7.01. The molecule has 3 aliphatic rings. The Morgan fingerprint density at radius 3 is 2.47 bits per heavy atom. The number of anilines is 3. The summed E-state index contributed by atoms with van der Waals surface area (Å²) in [6.07, 6.45) is 11.1. The number of rotatable bonds is 9. The number of piperidine rings is 2. The van der Waals surface area contributed by atoms with E-state index in [1.54, 1.807) is 25.2 Å². The van der Waals surface area contributed by atoms with Gasteiger partial charge < -0.3 is 19.7 Å². The van der Waals surface area contributed by atoms with E-state index < -0.39 is 0 Å². The van der Waals surface area contributed by atoms with Gasteiger partial charge in [0.25, 0.3) is 5.91 Å². The van der Waals surface area contributed by atoms with Crippen molar-refractivity contribution in [1.82, 2.24) is 34.6 Å². The van der Waals surface area contributed by atoms with Crippen molar-refractivity contribution in [3.05, 3.63) is 71.7 Å². The Balaban J connectivity index is 0.961. The number of benzene rings is 1. The molecule has 1 saturated carbocycles. The molecule has 4 aromatic rings. The van der Waals surface area contributed by atoms with Gasteiger partial charge in [0.15, 0.2) is 0 Å². The van der Waals surface area contributed by atoms with Gasteiger partial charge >= 0.3 is 0 Å². The van der Waals surface area contributed by atoms with Crippen LogP contribution in [0.25, 0.3) is 11.0 Å². The summed E-state index contributed by atoms with van der Waals surface area (Å²) in [7, 11) is 5.73. The molecule has 3 amide bonds. The molecule has 2 N–H and O–H groups in total. The second-order valence-electron chi connectivity index (χ2n) is 13.9. The van der Waals surface area contributed by atoms with Crippen LogP contribution in [0.1, 0.15) is 84.9 Å². The van der Waals surface area contributed by atoms with E-state index in [0.717, 1.165) is 80.4 Å². The molecule has 1 aliphatic carbocycles. The van der Waals surface area contributed by atoms with Crippen LogP contribution in [0.2, 0.25) is 0 Å². The number of carbonyl (C=O) groups is 3. The molecular weight excluding hydrogens is 618 g/mol. The molecule has 2 aliphatic heterocycles. The van der Waals surface area contributed by atoms with Gasteiger partial charge in [0.05, 0.1) is 17.8 Å². The number of amides is 3. The van der Waals surface area contributed by atoms with Gasteiger partial charge in [-0.15, -0.1) is 0 Å². The molecule has 12 heteroatoms. The van der Waals surface area contributed by atoms with Crippen LogP contribution < -0.4 is 15.5 Å². The number of fused-ring (bicyclic) bond motifs is 1. The Hall–Kier alpha value is -4.84. The highest BCUT2D eigenvalue weighted by molar-refractivity contribution is 6.01. The lowest BCUT2D eigenvalue weighted by Crippen LogP contribution is -2.43. The first-order valence-corrected chi connectivity index (χ1v) is 17.4. The van der Waals surface area contributed by atoms with Crippen LogP contribution in [-0.4, -0.2) is 87.3 Å². The van der Waals surface area contributed by atoms with Crippen molar-refractivity contribution in [1.29, 1.82) is 0 Å². The predicted molar refractivity (Wildman–Crippen MR) is 189 cm³/mol. The molecule has 12 nitrogen and oxygen atoms in total. The van der Waals surface area contributed by atoms with E-state index >= 15 is 0 Å². The number of hydrogen-bond acceptors (Lipinski definition) is 9. The van der Waals surface area contributed by atoms with Crippen molar-refractivity contribution >= 4 is 46.2 Å². The third-order valence-corrected chi connectivity index (χ3v) is 10.4. The largest absolute Gasteiger partial charge is 0.370 e. The lowest BCUT2D eigenvalue weighted by molar-refractivity contribution is -0.134. The zero-order valence-electron chi connectivity index (χ0n) is 28.6. The van der Waals surface area contributed by atoms with Gasteiger partial charge in [0.2, 0.25) is 17.8 Å². The van der Waals surface area contributed by atoms with E-state index in [1.165, 1.54) is 5.56 Å². The summed E-state index contributed by atoms with van der Waals surface area (Å²) in [6.45, 7) is 2.68. The Morgan fingerprint density at radius 2 is 1.76 bits per heavy atom. The fraction of sp³-hybridized carbons (Fsp3) is 0.459. The minimum Gasteiger partial charge on any atom is -0.370 e. The molecule has 1 atom stereocenters. The van der Waals surface area contributed by atoms with Crippen LogP contribution in [0.3, 0.4) is 0 Å². The molecule has 3 fully saturated rings. The fourth-order valence-corrected chi connectivity index (χ4v) is 7.66. The van der Waals surface area contributed by atoms with Crippen LogP contribution in [-0.2, 0) is 16.1 Å². The number of carbonyl (C=O) groups excluding carboxylic acids is 3. The number of imide groups is 1. The molecule has 49 heavy (non-hydrogen) atoms. The highest BCUT2D eigenvalue weighted by Gasteiger charge is 2.29. The van der Waals surface area contributed by atoms with Crippen LogP contribution in [0.4, 0.5) is 17.5 Å². The number of nitrogens with zero attached hydrogens (tertiary/aromatic N) is 7. The average Bonchev–Trinajstić information content (AvgIpc) is 3.76. The van der Waals surface area contributed by atoms with E-state index in [9.17, 15) is 14.4 Å². The summed E-state index contributed by atoms with van der Waals surface area (Å²) in [5.74, 6) is 0.459. The zero-order valence-corrected chi connectivity index (χ0v) is 28.6. The van der Waals surface area contributed by atoms with E-state index in [4.69, 9.17) is 9.97 Å². The monoisotopic (exact) mass is 663 g/mol. The van der Waals surface area contributed by atoms with Crippen LogP contribution in [0.15, 0.2) is 54.9 Å². The van der Waals surface area contributed by atoms with Crippen molar-refractivity contribution in [2.75, 3.05) is 44.4 Å². The quantitative estimate of drug-likeness (QED) is 0.238. The first-order chi connectivity index (χ1) is 23.7. The first-order valence-electron chi connectivity index (χ1n) is 17.4. The predicted octanol–water partition coefficient (Wildman–Crippen LogP) is 5.01. The second-order valence-corrected chi connectivity index (χ2v) is 13.9. The Morgan fingerprint density at radius 1 is 0.959 bits per heavy atom. The molecule has 7 rings (SSSR count). The summed E-state index contributed by atoms with van der Waals surface area (Å²) in [5.41, 5.74) is 4.68. The molecule has 0 bridgehead atoms. The third-order valence-electron chi connectivity index (χ3n) is 10.4. The summed E-state index contributed by atoms with van der Waals surface area (Å²) < 4.78 is 2.12. The maximum Gasteiger partial charge on any atom is 0.270 e. The van der Waals surface area contributed by atoms with Crippen molar-refractivity contribution in [3.63, 3.8) is 0 Å². The molecule has 2 saturated heterocycles. The maximum atomic E-state index is 13.0. The summed E-state index contributed by atoms with van der Waals surface area (Å²) in [5, 5.41) is 6.61. The Bertz CT molecular complexity index is 1840. The zero-order chi connectivity index (χ0) is 34.1. The topological polar surface area (TPSA) is 129 Å². The van der Waals surface area contributed by atoms with Crippen LogP contribution >= 0.6 is 0 Å². The highest BCUT2D eigenvalue weighted by atomic mass is 16.2. The Labute approximate surface area is 286 Å². The van der Waals surface area contributed by atoms with Gasteiger partial charge in [-0.05, 0) is 68.5 Å². The van der Waals surface area contributed by atoms with E-state index in [-0.39, 0.29) is 29.7 Å². The van der Waals surface area contributed by atoms with E-state index in [0.29, 0.717) is 36.3 Å². The van der Waals surface area contributed by atoms with Crippen LogP contribution in [0, 0.1) is 0 Å². The standard InChI is InChI=1S/C37H45N9O3/c1-43(2)36(49)31-20-26-21-39-37(42-34(26)46(31)28-9-4-5-10-28)40-32-13-11-29(22-38-32)45-17-15-27(16-18-45)44(3)23-24-7-6-8-25(19-24)30-12-14-33(47)41-35(30)48/h6-8,11,13,19-22,27-28,30H,4-5,9-10,12,14-18,23H2,1-3H3,(H,41,47,48)(H,38,39,40,42). The summed E-state index contributed by atoms with van der Waals surface area (Å²) >= 11 is 0. The lowest BCUT2D eigenvalue weighted by Gasteiger charge is -2.38. The summed E-state index contributed by atoms with van der Waals surface area (Å²) in [4.78, 5) is 57.5. The fourth-order valence-electron chi connectivity index (χ4n) is 7.66. The van der Waals surface area contributed by atoms with Crippen LogP contribution in [0.5, 0.6) is 0 Å². The molecule has 0 radical (unpaired) electrons. The smallest absolute Gasteiger partial charge is 0.270 e. The van der Waals surface area contributed by atoms with E-state index in [1.807, 2.05) is 30.5 Å². The van der Waals surface area contributed by atoms with Crippen molar-refractivity contribution in [2.45, 2.75) is 75.9 Å². The molecule has 5 heterocycles. The molecule has 256 valence electrons. The Kier molecular flexibility index (Phi) is 9.31. The minimum atomic E-state index is -0.264. The van der Waals surface area contributed by atoms with Gasteiger partial charge in [-0.1, -0.05) is 37.1 Å². The van der Waals surface area contributed by atoms with Gasteiger partial charge in [-0.25, -0.2) is 9.97 Å². The highest BCUT2D eigenvalue weighted by Crippen LogP contribution is 2.35. The van der Waals surface area contributed by atoms with Gasteiger partial charge in [0, 0.05) is 63.8 Å². The SMILES string of the molecule is CN(C)C(=O)c1cc2cnc(Nc3ccc(N4CCC(N(C)Cc5cccc(C6CCC(=O)NC6=O)c5)CC4)cn3)nc2n1C1CCCC1. The van der Waals surface area contributed by atoms with Crippen molar-refractivity contribution < 1.29 is 14.4 Å². The first kappa shape index (κ1) is 32.7. The number of hydrogen-bond donors (Lipinski definition) is 2. The number of nitrogens with one attached hydrogen (secondary N) is 2. The molecule has 3 aromatic heterocycles. The van der Waals surface area contributed by atoms with Gasteiger partial charge in [0.1, 0.15) is 17.2 Å². The minimum absolute atomic E-state index is 0.0239. The summed E-state index contributed by atoms with van der Waals surface area (Å²) in [6, 6.07) is 14.9. The molecule has 0 spiro atoms. The normalized spacial score (nSPS) is 19.1. The van der Waals surface area contributed by atoms with Gasteiger partial charge in [-0.3, -0.25) is 24.6 Å². The van der Waals surface area contributed by atoms with Gasteiger partial charge in [-0.2, -0.15) is 4.98 Å². The number of aromatic nitrogens is 4. The van der Waals surface area contributed by atoms with Crippen molar-refractivity contribution in [3.8, 4) is 0 Å².